The van der Waals surface area contributed by atoms with Gasteiger partial charge in [0.15, 0.2) is 0 Å². The first kappa shape index (κ1) is 15.9. The van der Waals surface area contributed by atoms with E-state index in [1.165, 1.54) is 38.5 Å². The number of hydrogen-bond acceptors (Lipinski definition) is 2. The number of aliphatic hydroxyl groups is 1. The number of rotatable bonds is 2. The Balaban J connectivity index is 1.71. The van der Waals surface area contributed by atoms with Gasteiger partial charge in [-0.1, -0.05) is 13.3 Å². The third-order valence-corrected chi connectivity index (χ3v) is 9.00. The molecule has 4 rings (SSSR count). The zero-order chi connectivity index (χ0) is 16.5. The number of aliphatic hydroxyl groups excluding tert-OH is 1. The summed E-state index contributed by atoms with van der Waals surface area (Å²) >= 11 is 0. The topological polar surface area (TPSA) is 57.5 Å². The highest BCUT2D eigenvalue weighted by molar-refractivity contribution is 5.75. The van der Waals surface area contributed by atoms with Crippen molar-refractivity contribution >= 4 is 5.97 Å². The molecule has 0 aliphatic heterocycles. The highest BCUT2D eigenvalue weighted by atomic mass is 16.4. The molecule has 0 heterocycles. The molecule has 3 nitrogen and oxygen atoms in total. The summed E-state index contributed by atoms with van der Waals surface area (Å²) in [7, 11) is 0. The van der Waals surface area contributed by atoms with E-state index >= 15 is 0 Å². The monoisotopic (exact) mass is 320 g/mol. The maximum atomic E-state index is 12.1. The lowest BCUT2D eigenvalue weighted by atomic mass is 9.41. The lowest BCUT2D eigenvalue weighted by Gasteiger charge is -2.63. The standard InChI is InChI=1S/C20H32O3/c1-18-7-3-8-19(2,17(22)23)15(18)6-9-20-10-13(4-5-16(18)20)14(11-20)12-21/h13-16,21H,3-12H2,1-2H3,(H,22,23)/t13-,14-,15+,16+,18+,19-,20+/m0/s1. The highest BCUT2D eigenvalue weighted by Crippen LogP contribution is 2.72. The van der Waals surface area contributed by atoms with E-state index in [9.17, 15) is 15.0 Å². The number of carboxylic acids is 1. The number of carboxylic acid groups (broad SMARTS) is 1. The molecule has 3 heteroatoms. The minimum atomic E-state index is -0.572. The number of hydrogen-bond donors (Lipinski definition) is 2. The van der Waals surface area contributed by atoms with Crippen LogP contribution in [0.5, 0.6) is 0 Å². The van der Waals surface area contributed by atoms with Gasteiger partial charge in [-0.3, -0.25) is 4.79 Å². The van der Waals surface area contributed by atoms with Crippen molar-refractivity contribution in [2.45, 2.75) is 71.6 Å². The van der Waals surface area contributed by atoms with Crippen LogP contribution in [0.2, 0.25) is 0 Å². The molecule has 4 aliphatic rings. The predicted octanol–water partition coefficient (Wildman–Crippen LogP) is 4.09. The van der Waals surface area contributed by atoms with Gasteiger partial charge in [0, 0.05) is 6.61 Å². The average molecular weight is 320 g/mol. The molecule has 0 aromatic heterocycles. The summed E-state index contributed by atoms with van der Waals surface area (Å²) < 4.78 is 0. The summed E-state index contributed by atoms with van der Waals surface area (Å²) in [6.07, 6.45) is 10.4. The molecule has 0 amide bonds. The van der Waals surface area contributed by atoms with Gasteiger partial charge in [-0.25, -0.2) is 0 Å². The zero-order valence-corrected chi connectivity index (χ0v) is 14.7. The van der Waals surface area contributed by atoms with Gasteiger partial charge in [-0.05, 0) is 92.8 Å². The molecule has 0 radical (unpaired) electrons. The molecule has 2 bridgehead atoms. The molecule has 4 fully saturated rings. The van der Waals surface area contributed by atoms with Crippen molar-refractivity contribution < 1.29 is 15.0 Å². The second-order valence-corrected chi connectivity index (χ2v) is 9.78. The molecule has 0 aromatic carbocycles. The predicted molar refractivity (Wildman–Crippen MR) is 88.9 cm³/mol. The molecule has 0 unspecified atom stereocenters. The fourth-order valence-corrected chi connectivity index (χ4v) is 8.06. The summed E-state index contributed by atoms with van der Waals surface area (Å²) in [5.74, 6) is 1.68. The highest BCUT2D eigenvalue weighted by Gasteiger charge is 2.65. The van der Waals surface area contributed by atoms with Crippen LogP contribution in [0.3, 0.4) is 0 Å². The van der Waals surface area contributed by atoms with Crippen LogP contribution in [0.15, 0.2) is 0 Å². The van der Waals surface area contributed by atoms with Crippen molar-refractivity contribution in [3.63, 3.8) is 0 Å². The second kappa shape index (κ2) is 4.97. The first-order chi connectivity index (χ1) is 10.9. The van der Waals surface area contributed by atoms with Crippen LogP contribution in [0.1, 0.15) is 71.6 Å². The van der Waals surface area contributed by atoms with Gasteiger partial charge in [0.1, 0.15) is 0 Å². The van der Waals surface area contributed by atoms with Crippen LogP contribution >= 0.6 is 0 Å². The third-order valence-electron chi connectivity index (χ3n) is 9.00. The van der Waals surface area contributed by atoms with E-state index < -0.39 is 11.4 Å². The average Bonchev–Trinajstić information content (AvgIpc) is 2.77. The van der Waals surface area contributed by atoms with Crippen LogP contribution in [0.4, 0.5) is 0 Å². The summed E-state index contributed by atoms with van der Waals surface area (Å²) in [6, 6.07) is 0. The lowest BCUT2D eigenvalue weighted by Crippen LogP contribution is -2.58. The number of aliphatic carboxylic acids is 1. The smallest absolute Gasteiger partial charge is 0.309 e. The SMILES string of the molecule is C[C@@]12CCC[C@](C)(C(=O)O)[C@@H]1CC[C@@]13C[C@@H](CO)[C@@H](CC[C@@H]12)C3. The fourth-order valence-electron chi connectivity index (χ4n) is 8.06. The summed E-state index contributed by atoms with van der Waals surface area (Å²) in [4.78, 5) is 12.1. The second-order valence-electron chi connectivity index (χ2n) is 9.78. The zero-order valence-electron chi connectivity index (χ0n) is 14.7. The van der Waals surface area contributed by atoms with E-state index in [0.717, 1.165) is 25.2 Å². The van der Waals surface area contributed by atoms with Crippen molar-refractivity contribution in [1.82, 2.24) is 0 Å². The summed E-state index contributed by atoms with van der Waals surface area (Å²) in [5, 5.41) is 19.7. The van der Waals surface area contributed by atoms with Gasteiger partial charge in [-0.2, -0.15) is 0 Å². The van der Waals surface area contributed by atoms with E-state index in [0.29, 0.717) is 29.8 Å². The van der Waals surface area contributed by atoms with Gasteiger partial charge in [0.05, 0.1) is 5.41 Å². The molecule has 2 N–H and O–H groups in total. The van der Waals surface area contributed by atoms with Crippen LogP contribution < -0.4 is 0 Å². The van der Waals surface area contributed by atoms with Crippen molar-refractivity contribution in [1.29, 1.82) is 0 Å². The maximum absolute atomic E-state index is 12.1. The first-order valence-corrected chi connectivity index (χ1v) is 9.70. The Morgan fingerprint density at radius 1 is 1.04 bits per heavy atom. The molecule has 0 aromatic rings. The molecule has 130 valence electrons. The van der Waals surface area contributed by atoms with Crippen LogP contribution in [0, 0.1) is 39.9 Å². The van der Waals surface area contributed by atoms with Crippen LogP contribution in [-0.4, -0.2) is 22.8 Å². The minimum absolute atomic E-state index is 0.193. The Hall–Kier alpha value is -0.570. The molecule has 7 atom stereocenters. The van der Waals surface area contributed by atoms with E-state index in [4.69, 9.17) is 0 Å². The minimum Gasteiger partial charge on any atom is -0.481 e. The Kier molecular flexibility index (Phi) is 3.44. The quantitative estimate of drug-likeness (QED) is 0.805. The van der Waals surface area contributed by atoms with Crippen LogP contribution in [0.25, 0.3) is 0 Å². The molecule has 0 saturated heterocycles. The van der Waals surface area contributed by atoms with Crippen LogP contribution in [-0.2, 0) is 4.79 Å². The Morgan fingerprint density at radius 3 is 2.52 bits per heavy atom. The van der Waals surface area contributed by atoms with Crippen molar-refractivity contribution in [2.24, 2.45) is 39.9 Å². The van der Waals surface area contributed by atoms with Crippen molar-refractivity contribution in [3.05, 3.63) is 0 Å². The van der Waals surface area contributed by atoms with E-state index in [2.05, 4.69) is 6.92 Å². The normalized spacial score (nSPS) is 55.1. The van der Waals surface area contributed by atoms with Gasteiger partial charge in [0.2, 0.25) is 0 Å². The number of carbonyl (C=O) groups is 1. The fraction of sp³-hybridized carbons (Fsp3) is 0.950. The molecule has 1 spiro atoms. The van der Waals surface area contributed by atoms with Gasteiger partial charge < -0.3 is 10.2 Å². The molecule has 4 saturated carbocycles. The van der Waals surface area contributed by atoms with Crippen molar-refractivity contribution in [2.75, 3.05) is 6.61 Å². The maximum Gasteiger partial charge on any atom is 0.309 e. The molecule has 4 aliphatic carbocycles. The summed E-state index contributed by atoms with van der Waals surface area (Å²) in [6.45, 7) is 4.80. The molecule has 23 heavy (non-hydrogen) atoms. The third kappa shape index (κ3) is 1.95. The molecular formula is C20H32O3. The Bertz CT molecular complexity index is 517. The largest absolute Gasteiger partial charge is 0.481 e. The van der Waals surface area contributed by atoms with Gasteiger partial charge in [0.25, 0.3) is 0 Å². The van der Waals surface area contributed by atoms with Crippen molar-refractivity contribution in [3.8, 4) is 0 Å². The van der Waals surface area contributed by atoms with E-state index in [1.807, 2.05) is 6.92 Å². The first-order valence-electron chi connectivity index (χ1n) is 9.70. The van der Waals surface area contributed by atoms with Gasteiger partial charge in [-0.15, -0.1) is 0 Å². The number of fused-ring (bicyclic) bond motifs is 3. The summed E-state index contributed by atoms with van der Waals surface area (Å²) in [5.41, 5.74) is 0.0811. The van der Waals surface area contributed by atoms with E-state index in [1.54, 1.807) is 0 Å². The lowest BCUT2D eigenvalue weighted by molar-refractivity contribution is -0.181. The van der Waals surface area contributed by atoms with Gasteiger partial charge >= 0.3 is 5.97 Å². The Morgan fingerprint density at radius 2 is 1.83 bits per heavy atom. The van der Waals surface area contributed by atoms with E-state index in [-0.39, 0.29) is 5.41 Å². The molecular weight excluding hydrogens is 288 g/mol. The Labute approximate surface area is 139 Å².